The number of hydrogen-bond acceptors (Lipinski definition) is 3. The number of unbranched alkanes of at least 4 members (excludes halogenated alkanes) is 31. The highest BCUT2D eigenvalue weighted by Crippen LogP contribution is 2.15. The first-order valence-electron chi connectivity index (χ1n) is 24.4. The second-order valence-electron chi connectivity index (χ2n) is 16.5. The van der Waals surface area contributed by atoms with E-state index in [0.717, 1.165) is 38.5 Å². The number of hydrogen-bond donors (Lipinski definition) is 3. The maximum absolute atomic E-state index is 12.4. The molecule has 1 amide bonds. The molecule has 4 nitrogen and oxygen atoms in total. The van der Waals surface area contributed by atoms with Crippen molar-refractivity contribution in [1.29, 1.82) is 0 Å². The van der Waals surface area contributed by atoms with E-state index in [0.29, 0.717) is 6.42 Å². The molecule has 0 saturated heterocycles. The van der Waals surface area contributed by atoms with E-state index in [2.05, 4.69) is 55.6 Å². The Bertz CT molecular complexity index is 877. The molecule has 0 aliphatic rings. The fraction of sp³-hybridized carbons (Fsp3) is 0.824. The van der Waals surface area contributed by atoms with Gasteiger partial charge in [-0.25, -0.2) is 0 Å². The number of amides is 1. The minimum absolute atomic E-state index is 0.0705. The number of aliphatic hydroxyl groups excluding tert-OH is 2. The summed E-state index contributed by atoms with van der Waals surface area (Å²) < 4.78 is 0. The summed E-state index contributed by atoms with van der Waals surface area (Å²) in [5.41, 5.74) is 0. The Kier molecular flexibility index (Phi) is 45.3. The highest BCUT2D eigenvalue weighted by Gasteiger charge is 2.17. The van der Waals surface area contributed by atoms with Crippen molar-refractivity contribution in [3.05, 3.63) is 48.6 Å². The van der Waals surface area contributed by atoms with E-state index in [1.165, 1.54) is 193 Å². The maximum Gasteiger partial charge on any atom is 0.220 e. The molecule has 322 valence electrons. The number of aliphatic hydroxyl groups is 2. The largest absolute Gasteiger partial charge is 0.394 e. The maximum atomic E-state index is 12.4. The lowest BCUT2D eigenvalue weighted by molar-refractivity contribution is -0.123. The highest BCUT2D eigenvalue weighted by atomic mass is 16.3. The second kappa shape index (κ2) is 46.7. The molecule has 0 heterocycles. The second-order valence-corrected chi connectivity index (χ2v) is 16.5. The standard InChI is InChI=1S/C51H95NO3/c1-3-5-7-9-11-13-15-17-19-21-23-25-26-27-29-31-33-35-37-39-41-43-45-47-51(55)52-49(48-53)50(54)46-44-42-40-38-36-34-32-30-28-24-22-20-18-16-14-12-10-8-6-4-2/h15,17,21,23,26-27,44,46,49-50,53-54H,3-14,16,18-20,22,24-25,28-43,45,47-48H2,1-2H3,(H,52,55)/b17-15-,23-21-,27-26-,46-44+. The van der Waals surface area contributed by atoms with Crippen molar-refractivity contribution in [2.24, 2.45) is 0 Å². The monoisotopic (exact) mass is 770 g/mol. The summed E-state index contributed by atoms with van der Waals surface area (Å²) >= 11 is 0. The molecule has 0 aromatic carbocycles. The van der Waals surface area contributed by atoms with Gasteiger partial charge >= 0.3 is 0 Å². The van der Waals surface area contributed by atoms with E-state index >= 15 is 0 Å². The van der Waals surface area contributed by atoms with Gasteiger partial charge < -0.3 is 15.5 Å². The van der Waals surface area contributed by atoms with Crippen LogP contribution in [0.3, 0.4) is 0 Å². The van der Waals surface area contributed by atoms with E-state index in [1.807, 2.05) is 6.08 Å². The van der Waals surface area contributed by atoms with Crippen LogP contribution in [0.4, 0.5) is 0 Å². The summed E-state index contributed by atoms with van der Waals surface area (Å²) in [6.07, 6.45) is 63.7. The summed E-state index contributed by atoms with van der Waals surface area (Å²) in [5, 5.41) is 23.1. The third-order valence-electron chi connectivity index (χ3n) is 11.1. The molecule has 0 aromatic rings. The number of nitrogens with one attached hydrogen (secondary N) is 1. The lowest BCUT2D eigenvalue weighted by Gasteiger charge is -2.20. The molecule has 0 fully saturated rings. The Labute approximate surface area is 344 Å². The SMILES string of the molecule is CCCCCCC/C=C\C/C=C\C/C=C\CCCCCCCCCCC(=O)NC(CO)C(O)/C=C/CCCCCCCCCCCCCCCCCCCC. The van der Waals surface area contributed by atoms with Gasteiger partial charge in [-0.3, -0.25) is 4.79 Å². The first kappa shape index (κ1) is 53.4. The topological polar surface area (TPSA) is 69.6 Å². The predicted molar refractivity (Wildman–Crippen MR) is 244 cm³/mol. The van der Waals surface area contributed by atoms with Gasteiger partial charge in [0.05, 0.1) is 18.8 Å². The minimum atomic E-state index is -0.844. The summed E-state index contributed by atoms with van der Waals surface area (Å²) in [7, 11) is 0. The molecule has 0 aliphatic heterocycles. The van der Waals surface area contributed by atoms with Gasteiger partial charge in [0.1, 0.15) is 0 Å². The smallest absolute Gasteiger partial charge is 0.220 e. The van der Waals surface area contributed by atoms with E-state index < -0.39 is 12.1 Å². The minimum Gasteiger partial charge on any atom is -0.394 e. The summed E-state index contributed by atoms with van der Waals surface area (Å²) in [6.45, 7) is 4.31. The van der Waals surface area contributed by atoms with Gasteiger partial charge in [-0.15, -0.1) is 0 Å². The molecule has 2 unspecified atom stereocenters. The van der Waals surface area contributed by atoms with Gasteiger partial charge in [0, 0.05) is 6.42 Å². The fourth-order valence-corrected chi connectivity index (χ4v) is 7.30. The van der Waals surface area contributed by atoms with Crippen molar-refractivity contribution in [3.63, 3.8) is 0 Å². The van der Waals surface area contributed by atoms with Crippen molar-refractivity contribution < 1.29 is 15.0 Å². The van der Waals surface area contributed by atoms with Crippen LogP contribution in [-0.4, -0.2) is 34.9 Å². The summed E-state index contributed by atoms with van der Waals surface area (Å²) in [5.74, 6) is -0.0705. The molecule has 0 aromatic heterocycles. The van der Waals surface area contributed by atoms with Gasteiger partial charge in [-0.2, -0.15) is 0 Å². The first-order valence-corrected chi connectivity index (χ1v) is 24.4. The predicted octanol–water partition coefficient (Wildman–Crippen LogP) is 15.5. The molecule has 0 radical (unpaired) electrons. The Morgan fingerprint density at radius 2 is 0.745 bits per heavy atom. The van der Waals surface area contributed by atoms with Crippen LogP contribution in [0.1, 0.15) is 251 Å². The van der Waals surface area contributed by atoms with Gasteiger partial charge in [-0.1, -0.05) is 236 Å². The lowest BCUT2D eigenvalue weighted by Crippen LogP contribution is -2.45. The van der Waals surface area contributed by atoms with Crippen LogP contribution >= 0.6 is 0 Å². The zero-order valence-corrected chi connectivity index (χ0v) is 36.9. The van der Waals surface area contributed by atoms with Crippen LogP contribution < -0.4 is 5.32 Å². The van der Waals surface area contributed by atoms with Crippen LogP contribution in [0.15, 0.2) is 48.6 Å². The van der Waals surface area contributed by atoms with Crippen molar-refractivity contribution in [2.75, 3.05) is 6.61 Å². The van der Waals surface area contributed by atoms with E-state index in [4.69, 9.17) is 0 Å². The molecular formula is C51H95NO3. The number of carbonyl (C=O) groups excluding carboxylic acids is 1. The number of rotatable bonds is 44. The van der Waals surface area contributed by atoms with E-state index in [1.54, 1.807) is 6.08 Å². The van der Waals surface area contributed by atoms with Gasteiger partial charge in [-0.05, 0) is 57.8 Å². The van der Waals surface area contributed by atoms with Crippen molar-refractivity contribution in [3.8, 4) is 0 Å². The zero-order chi connectivity index (χ0) is 40.0. The van der Waals surface area contributed by atoms with Gasteiger partial charge in [0.25, 0.3) is 0 Å². The quantitative estimate of drug-likeness (QED) is 0.0427. The molecule has 3 N–H and O–H groups in total. The average Bonchev–Trinajstić information content (AvgIpc) is 3.19. The van der Waals surface area contributed by atoms with Crippen LogP contribution in [0.2, 0.25) is 0 Å². The third-order valence-corrected chi connectivity index (χ3v) is 11.1. The Hall–Kier alpha value is -1.65. The highest BCUT2D eigenvalue weighted by molar-refractivity contribution is 5.76. The molecule has 55 heavy (non-hydrogen) atoms. The first-order chi connectivity index (χ1) is 27.2. The van der Waals surface area contributed by atoms with E-state index in [-0.39, 0.29) is 12.5 Å². The number of allylic oxidation sites excluding steroid dienone is 7. The lowest BCUT2D eigenvalue weighted by atomic mass is 10.0. The number of carbonyl (C=O) groups is 1. The normalized spacial score (nSPS) is 13.3. The molecular weight excluding hydrogens is 675 g/mol. The average molecular weight is 770 g/mol. The fourth-order valence-electron chi connectivity index (χ4n) is 7.30. The van der Waals surface area contributed by atoms with Gasteiger partial charge in [0.2, 0.25) is 5.91 Å². The Balaban J connectivity index is 3.57. The van der Waals surface area contributed by atoms with Crippen LogP contribution in [0.5, 0.6) is 0 Å². The zero-order valence-electron chi connectivity index (χ0n) is 36.9. The van der Waals surface area contributed by atoms with Crippen molar-refractivity contribution in [2.45, 2.75) is 264 Å². The summed E-state index contributed by atoms with van der Waals surface area (Å²) in [6, 6.07) is -0.627. The summed E-state index contributed by atoms with van der Waals surface area (Å²) in [4.78, 5) is 12.4. The molecule has 4 heteroatoms. The van der Waals surface area contributed by atoms with Crippen LogP contribution in [0.25, 0.3) is 0 Å². The van der Waals surface area contributed by atoms with Crippen LogP contribution in [-0.2, 0) is 4.79 Å². The molecule has 0 rings (SSSR count). The third kappa shape index (κ3) is 43.3. The van der Waals surface area contributed by atoms with Crippen molar-refractivity contribution >= 4 is 5.91 Å². The van der Waals surface area contributed by atoms with E-state index in [9.17, 15) is 15.0 Å². The molecule has 0 saturated carbocycles. The van der Waals surface area contributed by atoms with Crippen molar-refractivity contribution in [1.82, 2.24) is 5.32 Å². The van der Waals surface area contributed by atoms with Gasteiger partial charge in [0.15, 0.2) is 0 Å². The Morgan fingerprint density at radius 3 is 1.11 bits per heavy atom. The molecule has 0 bridgehead atoms. The Morgan fingerprint density at radius 1 is 0.436 bits per heavy atom. The molecule has 0 spiro atoms. The van der Waals surface area contributed by atoms with Crippen LogP contribution in [0, 0.1) is 0 Å². The molecule has 0 aliphatic carbocycles. The molecule has 2 atom stereocenters.